The van der Waals surface area contributed by atoms with Crippen molar-refractivity contribution in [3.05, 3.63) is 29.3 Å². The van der Waals surface area contributed by atoms with Gasteiger partial charge in [-0.15, -0.1) is 11.3 Å². The molecule has 0 aromatic carbocycles. The van der Waals surface area contributed by atoms with Crippen molar-refractivity contribution in [1.82, 2.24) is 25.2 Å². The normalized spacial score (nSPS) is 17.4. The average molecular weight is 468 g/mol. The van der Waals surface area contributed by atoms with E-state index in [0.29, 0.717) is 31.3 Å². The van der Waals surface area contributed by atoms with Crippen molar-refractivity contribution in [3.63, 3.8) is 0 Å². The van der Waals surface area contributed by atoms with Gasteiger partial charge >= 0.3 is 0 Å². The van der Waals surface area contributed by atoms with E-state index >= 15 is 0 Å². The number of hydrogen-bond donors (Lipinski definition) is 2. The van der Waals surface area contributed by atoms with E-state index in [-0.39, 0.29) is 5.91 Å². The number of nitrogens with zero attached hydrogens (tertiary/aromatic N) is 5. The fourth-order valence-corrected chi connectivity index (χ4v) is 5.24. The highest BCUT2D eigenvalue weighted by atomic mass is 32.1. The Morgan fingerprint density at radius 2 is 2.00 bits per heavy atom. The van der Waals surface area contributed by atoms with Crippen molar-refractivity contribution in [2.24, 2.45) is 0 Å². The van der Waals surface area contributed by atoms with E-state index in [2.05, 4.69) is 31.5 Å². The van der Waals surface area contributed by atoms with Crippen molar-refractivity contribution in [2.75, 3.05) is 62.7 Å². The highest BCUT2D eigenvalue weighted by molar-refractivity contribution is 7.19. The van der Waals surface area contributed by atoms with Crippen LogP contribution in [-0.4, -0.2) is 78.2 Å². The first-order valence-corrected chi connectivity index (χ1v) is 12.3. The van der Waals surface area contributed by atoms with E-state index in [9.17, 15) is 4.79 Å². The first kappa shape index (κ1) is 22.1. The van der Waals surface area contributed by atoms with Gasteiger partial charge in [-0.2, -0.15) is 0 Å². The molecule has 2 N–H and O–H groups in total. The number of fused-ring (bicyclic) bond motifs is 1. The monoisotopic (exact) mass is 467 g/mol. The van der Waals surface area contributed by atoms with Crippen molar-refractivity contribution in [3.8, 4) is 11.4 Å². The summed E-state index contributed by atoms with van der Waals surface area (Å²) < 4.78 is 6.70. The molecular formula is C23H29N7O2S. The molecule has 33 heavy (non-hydrogen) atoms. The van der Waals surface area contributed by atoms with Gasteiger partial charge in [-0.25, -0.2) is 15.0 Å². The fourth-order valence-electron chi connectivity index (χ4n) is 4.08. The molecule has 2 aliphatic heterocycles. The lowest BCUT2D eigenvalue weighted by Crippen LogP contribution is -2.42. The molecule has 5 rings (SSSR count). The molecule has 0 spiro atoms. The molecule has 5 heterocycles. The van der Waals surface area contributed by atoms with Crippen LogP contribution >= 0.6 is 11.3 Å². The Morgan fingerprint density at radius 1 is 1.18 bits per heavy atom. The summed E-state index contributed by atoms with van der Waals surface area (Å²) in [6.07, 6.45) is 2.14. The van der Waals surface area contributed by atoms with Crippen molar-refractivity contribution in [2.45, 2.75) is 19.9 Å². The molecule has 1 amide bonds. The van der Waals surface area contributed by atoms with Gasteiger partial charge in [0.2, 0.25) is 5.91 Å². The van der Waals surface area contributed by atoms with Crippen LogP contribution in [0, 0.1) is 0 Å². The quantitative estimate of drug-likeness (QED) is 0.571. The predicted octanol–water partition coefficient (Wildman–Crippen LogP) is 2.34. The number of hydrogen-bond acceptors (Lipinski definition) is 9. The number of carbonyl (C=O) groups is 1. The maximum atomic E-state index is 11.7. The maximum Gasteiger partial charge on any atom is 0.225 e. The molecule has 3 aromatic heterocycles. The smallest absolute Gasteiger partial charge is 0.225 e. The summed E-state index contributed by atoms with van der Waals surface area (Å²) in [6.45, 7) is 9.99. The van der Waals surface area contributed by atoms with Crippen LogP contribution in [0.1, 0.15) is 18.2 Å². The Kier molecular flexibility index (Phi) is 6.77. The number of pyridine rings is 1. The number of nitrogens with one attached hydrogen (secondary N) is 2. The Bertz CT molecular complexity index is 1110. The van der Waals surface area contributed by atoms with Gasteiger partial charge < -0.3 is 20.3 Å². The Morgan fingerprint density at radius 3 is 2.73 bits per heavy atom. The van der Waals surface area contributed by atoms with E-state index in [1.807, 2.05) is 13.0 Å². The van der Waals surface area contributed by atoms with E-state index in [1.165, 1.54) is 4.88 Å². The molecule has 0 aliphatic carbocycles. The number of morpholine rings is 1. The van der Waals surface area contributed by atoms with Gasteiger partial charge in [-0.05, 0) is 18.2 Å². The third kappa shape index (κ3) is 5.14. The van der Waals surface area contributed by atoms with Crippen LogP contribution in [0.5, 0.6) is 0 Å². The third-order valence-corrected chi connectivity index (χ3v) is 7.02. The summed E-state index contributed by atoms with van der Waals surface area (Å²) in [6, 6.07) is 5.92. The summed E-state index contributed by atoms with van der Waals surface area (Å²) in [4.78, 5) is 32.0. The molecule has 0 saturated carbocycles. The number of amides is 1. The summed E-state index contributed by atoms with van der Waals surface area (Å²) in [5.74, 6) is 2.10. The van der Waals surface area contributed by atoms with Gasteiger partial charge in [-0.3, -0.25) is 9.69 Å². The molecule has 9 nitrogen and oxygen atoms in total. The Hall–Kier alpha value is -2.66. The molecule has 2 fully saturated rings. The van der Waals surface area contributed by atoms with Crippen LogP contribution in [0.25, 0.3) is 21.6 Å². The lowest BCUT2D eigenvalue weighted by Gasteiger charge is -2.28. The van der Waals surface area contributed by atoms with E-state index < -0.39 is 0 Å². The minimum absolute atomic E-state index is 0.0576. The molecule has 0 bridgehead atoms. The first-order chi connectivity index (χ1) is 16.2. The topological polar surface area (TPSA) is 95.5 Å². The van der Waals surface area contributed by atoms with Gasteiger partial charge in [0.05, 0.1) is 23.4 Å². The third-order valence-electron chi connectivity index (χ3n) is 5.91. The number of rotatable bonds is 6. The van der Waals surface area contributed by atoms with Gasteiger partial charge in [0.25, 0.3) is 0 Å². The Labute approximate surface area is 197 Å². The second-order valence-electron chi connectivity index (χ2n) is 8.26. The second-order valence-corrected chi connectivity index (χ2v) is 9.39. The second kappa shape index (κ2) is 10.1. The molecule has 2 aliphatic rings. The van der Waals surface area contributed by atoms with E-state index in [4.69, 9.17) is 14.7 Å². The van der Waals surface area contributed by atoms with Gasteiger partial charge in [0.1, 0.15) is 5.82 Å². The lowest BCUT2D eigenvalue weighted by atomic mass is 10.2. The molecule has 174 valence electrons. The molecule has 3 aromatic rings. The summed E-state index contributed by atoms with van der Waals surface area (Å²) >= 11 is 1.79. The largest absolute Gasteiger partial charge is 0.378 e. The number of piperazine rings is 1. The highest BCUT2D eigenvalue weighted by Gasteiger charge is 2.21. The lowest BCUT2D eigenvalue weighted by molar-refractivity contribution is -0.115. The molecular weight excluding hydrogens is 438 g/mol. The Balaban J connectivity index is 1.48. The molecule has 0 atom stereocenters. The molecule has 0 unspecified atom stereocenters. The van der Waals surface area contributed by atoms with Gasteiger partial charge in [0, 0.05) is 68.9 Å². The standard InChI is InChI=1S/C23H29N7O2S/c1-2-20(31)27-19-4-3-16(14-25-19)22-26-18-13-17(15-29-7-5-24-6-8-29)33-21(18)23(28-22)30-9-11-32-12-10-30/h3-4,13-14,24H,2,5-12,15H2,1H3,(H,25,27,31). The van der Waals surface area contributed by atoms with Crippen LogP contribution in [0.3, 0.4) is 0 Å². The number of ether oxygens (including phenoxy) is 1. The van der Waals surface area contributed by atoms with Gasteiger partial charge in [-0.1, -0.05) is 6.92 Å². The van der Waals surface area contributed by atoms with Gasteiger partial charge in [0.15, 0.2) is 11.6 Å². The number of aromatic nitrogens is 3. The first-order valence-electron chi connectivity index (χ1n) is 11.5. The maximum absolute atomic E-state index is 11.7. The van der Waals surface area contributed by atoms with Crippen LogP contribution < -0.4 is 15.5 Å². The minimum atomic E-state index is -0.0576. The predicted molar refractivity (Wildman–Crippen MR) is 131 cm³/mol. The van der Waals surface area contributed by atoms with Crippen molar-refractivity contribution >= 4 is 39.1 Å². The molecule has 10 heteroatoms. The highest BCUT2D eigenvalue weighted by Crippen LogP contribution is 2.35. The molecule has 0 radical (unpaired) electrons. The number of thiophene rings is 1. The number of anilines is 2. The summed E-state index contributed by atoms with van der Waals surface area (Å²) in [7, 11) is 0. The van der Waals surface area contributed by atoms with E-state index in [0.717, 1.165) is 67.4 Å². The summed E-state index contributed by atoms with van der Waals surface area (Å²) in [5.41, 5.74) is 1.80. The van der Waals surface area contributed by atoms with Crippen LogP contribution in [0.15, 0.2) is 24.4 Å². The molecule has 2 saturated heterocycles. The fraction of sp³-hybridized carbons (Fsp3) is 0.478. The zero-order valence-electron chi connectivity index (χ0n) is 18.8. The van der Waals surface area contributed by atoms with E-state index in [1.54, 1.807) is 23.6 Å². The van der Waals surface area contributed by atoms with Crippen LogP contribution in [-0.2, 0) is 16.1 Å². The van der Waals surface area contributed by atoms with Crippen LogP contribution in [0.2, 0.25) is 0 Å². The van der Waals surface area contributed by atoms with Crippen LogP contribution in [0.4, 0.5) is 11.6 Å². The van der Waals surface area contributed by atoms with Crippen molar-refractivity contribution < 1.29 is 9.53 Å². The summed E-state index contributed by atoms with van der Waals surface area (Å²) in [5, 5.41) is 6.20. The average Bonchev–Trinajstić information content (AvgIpc) is 3.27. The zero-order valence-corrected chi connectivity index (χ0v) is 19.7. The minimum Gasteiger partial charge on any atom is -0.378 e. The zero-order chi connectivity index (χ0) is 22.6. The SMILES string of the molecule is CCC(=O)Nc1ccc(-c2nc(N3CCOCC3)c3sc(CN4CCNCC4)cc3n2)cn1. The number of carbonyl (C=O) groups excluding carboxylic acids is 1. The van der Waals surface area contributed by atoms with Crippen molar-refractivity contribution in [1.29, 1.82) is 0 Å².